The Kier molecular flexibility index (Phi) is 4.82. The average molecular weight is 315 g/mol. The molecule has 0 unspecified atom stereocenters. The number of hydrogen-bond donors (Lipinski definition) is 2. The molecule has 0 amide bonds. The first-order chi connectivity index (χ1) is 9.51. The fraction of sp³-hybridized carbons (Fsp3) is 0.231. The van der Waals surface area contributed by atoms with Crippen LogP contribution in [0.1, 0.15) is 11.3 Å². The van der Waals surface area contributed by atoms with Crippen LogP contribution >= 0.6 is 11.6 Å². The van der Waals surface area contributed by atoms with Gasteiger partial charge in [0.05, 0.1) is 6.54 Å². The zero-order valence-electron chi connectivity index (χ0n) is 10.9. The van der Waals surface area contributed by atoms with Gasteiger partial charge in [0.25, 0.3) is 10.0 Å². The molecule has 108 valence electrons. The molecule has 0 saturated heterocycles. The van der Waals surface area contributed by atoms with Crippen molar-refractivity contribution in [1.29, 1.82) is 0 Å². The standard InChI is InChI=1S/C13H15ClN2O3S/c1-15-9-12-6-7-13(19-12)20(17,18)16-8-10-2-4-11(14)5-3-10/h2-7,15-16H,8-9H2,1H3. The van der Waals surface area contributed by atoms with Gasteiger partial charge in [-0.3, -0.25) is 0 Å². The van der Waals surface area contributed by atoms with Crippen LogP contribution in [0.2, 0.25) is 5.02 Å². The molecule has 2 aromatic rings. The monoisotopic (exact) mass is 314 g/mol. The van der Waals surface area contributed by atoms with Gasteiger partial charge in [-0.05, 0) is 36.9 Å². The zero-order chi connectivity index (χ0) is 14.6. The van der Waals surface area contributed by atoms with Gasteiger partial charge in [-0.15, -0.1) is 0 Å². The van der Waals surface area contributed by atoms with Crippen LogP contribution in [0.5, 0.6) is 0 Å². The van der Waals surface area contributed by atoms with E-state index in [1.807, 2.05) is 0 Å². The molecule has 7 heteroatoms. The van der Waals surface area contributed by atoms with Crippen molar-refractivity contribution in [3.05, 3.63) is 52.7 Å². The molecule has 0 radical (unpaired) electrons. The van der Waals surface area contributed by atoms with Gasteiger partial charge in [-0.2, -0.15) is 0 Å². The summed E-state index contributed by atoms with van der Waals surface area (Å²) in [5.74, 6) is 0.569. The molecule has 0 bridgehead atoms. The fourth-order valence-electron chi connectivity index (χ4n) is 1.62. The molecule has 0 aliphatic rings. The van der Waals surface area contributed by atoms with Crippen molar-refractivity contribution in [2.75, 3.05) is 7.05 Å². The Balaban J connectivity index is 2.04. The molecular formula is C13H15ClN2O3S. The number of benzene rings is 1. The lowest BCUT2D eigenvalue weighted by Gasteiger charge is -2.04. The molecule has 0 spiro atoms. The third-order valence-electron chi connectivity index (χ3n) is 2.63. The Bertz CT molecular complexity index is 665. The highest BCUT2D eigenvalue weighted by Gasteiger charge is 2.18. The predicted octanol–water partition coefficient (Wildman–Crippen LogP) is 2.13. The number of halogens is 1. The molecule has 1 heterocycles. The third-order valence-corrected chi connectivity index (χ3v) is 4.16. The minimum Gasteiger partial charge on any atom is -0.447 e. The smallest absolute Gasteiger partial charge is 0.274 e. The normalized spacial score (nSPS) is 11.7. The highest BCUT2D eigenvalue weighted by molar-refractivity contribution is 7.89. The number of hydrogen-bond acceptors (Lipinski definition) is 4. The molecular weight excluding hydrogens is 300 g/mol. The van der Waals surface area contributed by atoms with Crippen molar-refractivity contribution < 1.29 is 12.8 Å². The number of furan rings is 1. The molecule has 0 aliphatic carbocycles. The Labute approximate surface area is 123 Å². The fourth-order valence-corrected chi connectivity index (χ4v) is 2.71. The quantitative estimate of drug-likeness (QED) is 0.857. The Morgan fingerprint density at radius 2 is 1.80 bits per heavy atom. The van der Waals surface area contributed by atoms with Gasteiger partial charge in [0.15, 0.2) is 0 Å². The van der Waals surface area contributed by atoms with Gasteiger partial charge in [0.1, 0.15) is 5.76 Å². The van der Waals surface area contributed by atoms with E-state index in [-0.39, 0.29) is 11.6 Å². The van der Waals surface area contributed by atoms with Crippen LogP contribution in [0.3, 0.4) is 0 Å². The lowest BCUT2D eigenvalue weighted by atomic mass is 10.2. The van der Waals surface area contributed by atoms with E-state index in [1.165, 1.54) is 6.07 Å². The van der Waals surface area contributed by atoms with Crippen LogP contribution in [0.15, 0.2) is 45.9 Å². The van der Waals surface area contributed by atoms with E-state index in [1.54, 1.807) is 37.4 Å². The van der Waals surface area contributed by atoms with E-state index in [9.17, 15) is 8.42 Å². The first kappa shape index (κ1) is 15.1. The maximum Gasteiger partial charge on any atom is 0.274 e. The first-order valence-corrected chi connectivity index (χ1v) is 7.85. The summed E-state index contributed by atoms with van der Waals surface area (Å²) in [5.41, 5.74) is 0.819. The van der Waals surface area contributed by atoms with E-state index in [0.717, 1.165) is 5.56 Å². The number of nitrogens with one attached hydrogen (secondary N) is 2. The lowest BCUT2D eigenvalue weighted by Crippen LogP contribution is -2.22. The van der Waals surface area contributed by atoms with E-state index in [2.05, 4.69) is 10.0 Å². The van der Waals surface area contributed by atoms with Crippen LogP contribution in [-0.4, -0.2) is 15.5 Å². The first-order valence-electron chi connectivity index (χ1n) is 5.99. The summed E-state index contributed by atoms with van der Waals surface area (Å²) in [5, 5.41) is 3.41. The summed E-state index contributed by atoms with van der Waals surface area (Å²) in [6, 6.07) is 10.0. The lowest BCUT2D eigenvalue weighted by molar-refractivity contribution is 0.404. The van der Waals surface area contributed by atoms with E-state index in [4.69, 9.17) is 16.0 Å². The van der Waals surface area contributed by atoms with Crippen LogP contribution < -0.4 is 10.0 Å². The summed E-state index contributed by atoms with van der Waals surface area (Å²) in [4.78, 5) is 0. The summed E-state index contributed by atoms with van der Waals surface area (Å²) in [7, 11) is -1.88. The van der Waals surface area contributed by atoms with E-state index < -0.39 is 10.0 Å². The molecule has 1 aromatic carbocycles. The van der Waals surface area contributed by atoms with Crippen molar-refractivity contribution in [1.82, 2.24) is 10.0 Å². The second-order valence-corrected chi connectivity index (χ2v) is 6.34. The molecule has 2 N–H and O–H groups in total. The highest BCUT2D eigenvalue weighted by atomic mass is 35.5. The summed E-state index contributed by atoms with van der Waals surface area (Å²) < 4.78 is 31.8. The van der Waals surface area contributed by atoms with Crippen molar-refractivity contribution in [3.8, 4) is 0 Å². The van der Waals surface area contributed by atoms with Gasteiger partial charge in [0, 0.05) is 11.6 Å². The minimum atomic E-state index is -3.64. The van der Waals surface area contributed by atoms with Crippen molar-refractivity contribution >= 4 is 21.6 Å². The van der Waals surface area contributed by atoms with Crippen molar-refractivity contribution in [2.24, 2.45) is 0 Å². The van der Waals surface area contributed by atoms with Gasteiger partial charge >= 0.3 is 0 Å². The molecule has 0 atom stereocenters. The van der Waals surface area contributed by atoms with Crippen LogP contribution in [0.4, 0.5) is 0 Å². The third kappa shape index (κ3) is 3.83. The Morgan fingerprint density at radius 1 is 1.10 bits per heavy atom. The minimum absolute atomic E-state index is 0.0864. The molecule has 1 aromatic heterocycles. The Morgan fingerprint density at radius 3 is 2.45 bits per heavy atom. The molecule has 0 aliphatic heterocycles. The number of rotatable bonds is 6. The van der Waals surface area contributed by atoms with Crippen LogP contribution in [-0.2, 0) is 23.1 Å². The maximum atomic E-state index is 12.0. The SMILES string of the molecule is CNCc1ccc(S(=O)(=O)NCc2ccc(Cl)cc2)o1. The largest absolute Gasteiger partial charge is 0.447 e. The Hall–Kier alpha value is -1.34. The second kappa shape index (κ2) is 6.41. The van der Waals surface area contributed by atoms with Crippen LogP contribution in [0.25, 0.3) is 0 Å². The molecule has 5 nitrogen and oxygen atoms in total. The second-order valence-electron chi connectivity index (χ2n) is 4.20. The van der Waals surface area contributed by atoms with E-state index in [0.29, 0.717) is 17.3 Å². The average Bonchev–Trinajstić information content (AvgIpc) is 2.88. The van der Waals surface area contributed by atoms with Gasteiger partial charge in [-0.25, -0.2) is 13.1 Å². The topological polar surface area (TPSA) is 71.3 Å². The van der Waals surface area contributed by atoms with E-state index >= 15 is 0 Å². The van der Waals surface area contributed by atoms with Gasteiger partial charge in [-0.1, -0.05) is 23.7 Å². The van der Waals surface area contributed by atoms with Crippen LogP contribution in [0, 0.1) is 0 Å². The summed E-state index contributed by atoms with van der Waals surface area (Å²) in [6.45, 7) is 0.661. The summed E-state index contributed by atoms with van der Waals surface area (Å²) >= 11 is 5.77. The van der Waals surface area contributed by atoms with Crippen molar-refractivity contribution in [3.63, 3.8) is 0 Å². The van der Waals surface area contributed by atoms with Crippen molar-refractivity contribution in [2.45, 2.75) is 18.2 Å². The molecule has 20 heavy (non-hydrogen) atoms. The molecule has 2 rings (SSSR count). The predicted molar refractivity (Wildman–Crippen MR) is 76.9 cm³/mol. The van der Waals surface area contributed by atoms with Gasteiger partial charge in [0.2, 0.25) is 5.09 Å². The van der Waals surface area contributed by atoms with Gasteiger partial charge < -0.3 is 9.73 Å². The molecule has 0 fully saturated rings. The maximum absolute atomic E-state index is 12.0. The number of sulfonamides is 1. The molecule has 0 saturated carbocycles. The summed E-state index contributed by atoms with van der Waals surface area (Å²) in [6.07, 6.45) is 0. The highest BCUT2D eigenvalue weighted by Crippen LogP contribution is 2.15. The zero-order valence-corrected chi connectivity index (χ0v) is 12.5.